The van der Waals surface area contributed by atoms with E-state index in [-0.39, 0.29) is 42.7 Å². The lowest BCUT2D eigenvalue weighted by Gasteiger charge is -2.23. The molecule has 2 aromatic carbocycles. The Balaban J connectivity index is 0.00000364. The summed E-state index contributed by atoms with van der Waals surface area (Å²) in [5.74, 6) is -0.114. The minimum absolute atomic E-state index is 0. The van der Waals surface area contributed by atoms with Crippen molar-refractivity contribution in [3.8, 4) is 0 Å². The molecule has 0 aliphatic rings. The first-order valence-electron chi connectivity index (χ1n) is 9.39. The standard InChI is InChI=1S/C22H31N3O.2ClH/c1-18(19(2)23)22(26)24-14-9-15-25(16-20-10-5-3-6-11-20)17-21-12-7-4-8-13-21;;/h3-8,10-13,18-19H,9,14-17,23H2,1-2H3,(H,24,26);2*1H. The van der Waals surface area contributed by atoms with Crippen molar-refractivity contribution in [3.05, 3.63) is 71.8 Å². The highest BCUT2D eigenvalue weighted by Crippen LogP contribution is 2.10. The predicted octanol–water partition coefficient (Wildman–Crippen LogP) is 4.02. The van der Waals surface area contributed by atoms with Gasteiger partial charge in [-0.3, -0.25) is 9.69 Å². The molecular formula is C22H33Cl2N3O. The molecule has 0 aliphatic heterocycles. The second kappa shape index (κ2) is 14.4. The number of carbonyl (C=O) groups is 1. The van der Waals surface area contributed by atoms with Crippen LogP contribution >= 0.6 is 24.8 Å². The van der Waals surface area contributed by atoms with Crippen LogP contribution in [0, 0.1) is 5.92 Å². The number of nitrogens with two attached hydrogens (primary N) is 1. The Morgan fingerprint density at radius 3 is 1.82 bits per heavy atom. The number of rotatable bonds is 10. The Kier molecular flexibility index (Phi) is 13.6. The number of carbonyl (C=O) groups excluding carboxylic acids is 1. The SMILES string of the molecule is CC(N)C(C)C(=O)NCCCN(Cc1ccccc1)Cc1ccccc1.Cl.Cl. The first-order chi connectivity index (χ1) is 12.6. The van der Waals surface area contributed by atoms with Gasteiger partial charge >= 0.3 is 0 Å². The maximum absolute atomic E-state index is 12.0. The van der Waals surface area contributed by atoms with E-state index in [2.05, 4.69) is 58.7 Å². The fourth-order valence-corrected chi connectivity index (χ4v) is 2.81. The molecule has 0 aliphatic carbocycles. The molecular weight excluding hydrogens is 393 g/mol. The number of halogens is 2. The Morgan fingerprint density at radius 2 is 1.39 bits per heavy atom. The molecule has 2 rings (SSSR count). The quantitative estimate of drug-likeness (QED) is 0.565. The third kappa shape index (κ3) is 9.56. The van der Waals surface area contributed by atoms with Gasteiger partial charge in [0.25, 0.3) is 0 Å². The second-order valence-corrected chi connectivity index (χ2v) is 6.97. The van der Waals surface area contributed by atoms with Gasteiger partial charge in [0.2, 0.25) is 5.91 Å². The molecule has 0 fully saturated rings. The van der Waals surface area contributed by atoms with E-state index < -0.39 is 0 Å². The van der Waals surface area contributed by atoms with Gasteiger partial charge in [-0.2, -0.15) is 0 Å². The molecule has 2 aromatic rings. The van der Waals surface area contributed by atoms with Crippen molar-refractivity contribution in [2.45, 2.75) is 39.4 Å². The average molecular weight is 426 g/mol. The van der Waals surface area contributed by atoms with Crippen LogP contribution in [0.3, 0.4) is 0 Å². The number of nitrogens with one attached hydrogen (secondary N) is 1. The zero-order chi connectivity index (χ0) is 18.8. The Morgan fingerprint density at radius 1 is 0.929 bits per heavy atom. The van der Waals surface area contributed by atoms with Crippen LogP contribution in [-0.2, 0) is 17.9 Å². The highest BCUT2D eigenvalue weighted by molar-refractivity contribution is 5.85. The van der Waals surface area contributed by atoms with Crippen LogP contribution in [0.4, 0.5) is 0 Å². The summed E-state index contributed by atoms with van der Waals surface area (Å²) in [4.78, 5) is 14.4. The van der Waals surface area contributed by atoms with Crippen molar-refractivity contribution >= 4 is 30.7 Å². The number of benzene rings is 2. The van der Waals surface area contributed by atoms with E-state index in [1.54, 1.807) is 0 Å². The van der Waals surface area contributed by atoms with Crippen molar-refractivity contribution < 1.29 is 4.79 Å². The van der Waals surface area contributed by atoms with Crippen molar-refractivity contribution in [1.29, 1.82) is 0 Å². The molecule has 0 aromatic heterocycles. The zero-order valence-electron chi connectivity index (χ0n) is 16.7. The van der Waals surface area contributed by atoms with Crippen LogP contribution in [-0.4, -0.2) is 29.9 Å². The van der Waals surface area contributed by atoms with Gasteiger partial charge in [0, 0.05) is 38.1 Å². The summed E-state index contributed by atoms with van der Waals surface area (Å²) in [6, 6.07) is 20.9. The van der Waals surface area contributed by atoms with Gasteiger partial charge in [-0.25, -0.2) is 0 Å². The smallest absolute Gasteiger partial charge is 0.224 e. The maximum Gasteiger partial charge on any atom is 0.224 e. The number of nitrogens with zero attached hydrogens (tertiary/aromatic N) is 1. The summed E-state index contributed by atoms with van der Waals surface area (Å²) in [5.41, 5.74) is 8.40. The lowest BCUT2D eigenvalue weighted by Crippen LogP contribution is -2.39. The Bertz CT molecular complexity index is 612. The van der Waals surface area contributed by atoms with Gasteiger partial charge < -0.3 is 11.1 Å². The topological polar surface area (TPSA) is 58.4 Å². The average Bonchev–Trinajstić information content (AvgIpc) is 2.65. The lowest BCUT2D eigenvalue weighted by atomic mass is 10.0. The Hall–Kier alpha value is -1.59. The molecule has 2 unspecified atom stereocenters. The summed E-state index contributed by atoms with van der Waals surface area (Å²) < 4.78 is 0. The number of hydrogen-bond donors (Lipinski definition) is 2. The van der Waals surface area contributed by atoms with Crippen LogP contribution in [0.25, 0.3) is 0 Å². The van der Waals surface area contributed by atoms with Gasteiger partial charge in [-0.1, -0.05) is 67.6 Å². The van der Waals surface area contributed by atoms with E-state index in [9.17, 15) is 4.79 Å². The summed E-state index contributed by atoms with van der Waals surface area (Å²) in [6.45, 7) is 7.15. The fraction of sp³-hybridized carbons (Fsp3) is 0.409. The highest BCUT2D eigenvalue weighted by atomic mass is 35.5. The summed E-state index contributed by atoms with van der Waals surface area (Å²) in [7, 11) is 0. The summed E-state index contributed by atoms with van der Waals surface area (Å²) in [6.07, 6.45) is 0.914. The first-order valence-corrected chi connectivity index (χ1v) is 9.39. The molecule has 6 heteroatoms. The molecule has 0 saturated heterocycles. The third-order valence-corrected chi connectivity index (χ3v) is 4.65. The Labute approximate surface area is 181 Å². The fourth-order valence-electron chi connectivity index (χ4n) is 2.81. The van der Waals surface area contributed by atoms with Crippen LogP contribution < -0.4 is 11.1 Å². The van der Waals surface area contributed by atoms with E-state index in [1.165, 1.54) is 11.1 Å². The van der Waals surface area contributed by atoms with Gasteiger partial charge in [-0.05, 0) is 24.5 Å². The monoisotopic (exact) mass is 425 g/mol. The van der Waals surface area contributed by atoms with E-state index in [1.807, 2.05) is 26.0 Å². The third-order valence-electron chi connectivity index (χ3n) is 4.65. The largest absolute Gasteiger partial charge is 0.356 e. The van der Waals surface area contributed by atoms with Gasteiger partial charge in [0.05, 0.1) is 0 Å². The molecule has 0 saturated carbocycles. The number of amides is 1. The van der Waals surface area contributed by atoms with Gasteiger partial charge in [-0.15, -0.1) is 24.8 Å². The molecule has 0 spiro atoms. The highest BCUT2D eigenvalue weighted by Gasteiger charge is 2.16. The van der Waals surface area contributed by atoms with Crippen molar-refractivity contribution in [1.82, 2.24) is 10.2 Å². The van der Waals surface area contributed by atoms with Crippen molar-refractivity contribution in [2.75, 3.05) is 13.1 Å². The van der Waals surface area contributed by atoms with E-state index >= 15 is 0 Å². The molecule has 4 nitrogen and oxygen atoms in total. The van der Waals surface area contributed by atoms with Crippen LogP contribution in [0.15, 0.2) is 60.7 Å². The lowest BCUT2D eigenvalue weighted by molar-refractivity contribution is -0.124. The number of hydrogen-bond acceptors (Lipinski definition) is 3. The van der Waals surface area contributed by atoms with Crippen LogP contribution in [0.2, 0.25) is 0 Å². The van der Waals surface area contributed by atoms with Crippen LogP contribution in [0.5, 0.6) is 0 Å². The minimum Gasteiger partial charge on any atom is -0.356 e. The summed E-state index contributed by atoms with van der Waals surface area (Å²) >= 11 is 0. The van der Waals surface area contributed by atoms with Gasteiger partial charge in [0.15, 0.2) is 0 Å². The van der Waals surface area contributed by atoms with E-state index in [4.69, 9.17) is 5.73 Å². The molecule has 156 valence electrons. The van der Waals surface area contributed by atoms with Crippen molar-refractivity contribution in [3.63, 3.8) is 0 Å². The van der Waals surface area contributed by atoms with Gasteiger partial charge in [0.1, 0.15) is 0 Å². The molecule has 0 radical (unpaired) electrons. The van der Waals surface area contributed by atoms with Crippen molar-refractivity contribution in [2.24, 2.45) is 11.7 Å². The van der Waals surface area contributed by atoms with E-state index in [0.717, 1.165) is 26.1 Å². The molecule has 28 heavy (non-hydrogen) atoms. The predicted molar refractivity (Wildman–Crippen MR) is 122 cm³/mol. The maximum atomic E-state index is 12.0. The molecule has 3 N–H and O–H groups in total. The summed E-state index contributed by atoms with van der Waals surface area (Å²) in [5, 5.41) is 3.00. The van der Waals surface area contributed by atoms with Crippen LogP contribution in [0.1, 0.15) is 31.4 Å². The second-order valence-electron chi connectivity index (χ2n) is 6.97. The first kappa shape index (κ1) is 26.4. The molecule has 1 amide bonds. The zero-order valence-corrected chi connectivity index (χ0v) is 18.3. The molecule has 0 bridgehead atoms. The molecule has 0 heterocycles. The molecule has 2 atom stereocenters. The minimum atomic E-state index is -0.153. The normalized spacial score (nSPS) is 12.4. The van der Waals surface area contributed by atoms with E-state index in [0.29, 0.717) is 6.54 Å².